The number of thiocarbonyl (C=S) groups is 1. The normalized spacial score (nSPS) is 14.9. The third kappa shape index (κ3) is 6.93. The number of hydrogen-bond donors (Lipinski definition) is 0. The van der Waals surface area contributed by atoms with Crippen LogP contribution in [0.4, 0.5) is 0 Å². The van der Waals surface area contributed by atoms with E-state index >= 15 is 0 Å². The van der Waals surface area contributed by atoms with Crippen molar-refractivity contribution >= 4 is 52.2 Å². The van der Waals surface area contributed by atoms with Gasteiger partial charge in [-0.05, 0) is 49.6 Å². The molecule has 8 nitrogen and oxygen atoms in total. The lowest BCUT2D eigenvalue weighted by molar-refractivity contribution is -0.151. The third-order valence-electron chi connectivity index (χ3n) is 5.82. The van der Waals surface area contributed by atoms with Gasteiger partial charge in [0.2, 0.25) is 0 Å². The van der Waals surface area contributed by atoms with Crippen LogP contribution in [0.1, 0.15) is 44.4 Å². The second-order valence-electron chi connectivity index (χ2n) is 8.30. The molecule has 0 N–H and O–H groups in total. The van der Waals surface area contributed by atoms with E-state index in [1.54, 1.807) is 53.4 Å². The molecule has 0 spiro atoms. The second-order valence-corrected chi connectivity index (χ2v) is 9.97. The Balaban J connectivity index is 1.83. The first-order valence-electron chi connectivity index (χ1n) is 12.4. The summed E-state index contributed by atoms with van der Waals surface area (Å²) in [6, 6.07) is 13.2. The molecular formula is C28H32N2O6S2. The molecule has 0 aliphatic carbocycles. The van der Waals surface area contributed by atoms with E-state index in [1.807, 2.05) is 26.8 Å². The van der Waals surface area contributed by atoms with Gasteiger partial charge in [0.1, 0.15) is 4.32 Å². The minimum atomic E-state index is -0.977. The fraction of sp³-hybridized carbons (Fsp3) is 0.357. The molecule has 10 heteroatoms. The number of carbonyl (C=O) groups is 3. The highest BCUT2D eigenvalue weighted by atomic mass is 32.2. The van der Waals surface area contributed by atoms with Crippen molar-refractivity contribution in [1.29, 1.82) is 0 Å². The first kappa shape index (κ1) is 29.2. The Morgan fingerprint density at radius 1 is 1.08 bits per heavy atom. The molecule has 2 aromatic carbocycles. The number of amides is 2. The summed E-state index contributed by atoms with van der Waals surface area (Å²) in [5.74, 6) is -0.188. The van der Waals surface area contributed by atoms with Gasteiger partial charge >= 0.3 is 5.97 Å². The van der Waals surface area contributed by atoms with Gasteiger partial charge < -0.3 is 19.1 Å². The van der Waals surface area contributed by atoms with Gasteiger partial charge in [0.25, 0.3) is 11.8 Å². The topological polar surface area (TPSA) is 85.4 Å². The number of likely N-dealkylation sites (N-methyl/N-ethyl adjacent to an activating group) is 1. The molecule has 1 saturated heterocycles. The zero-order chi connectivity index (χ0) is 27.7. The highest BCUT2D eigenvalue weighted by molar-refractivity contribution is 8.26. The minimum Gasteiger partial charge on any atom is -0.493 e. The molecule has 0 bridgehead atoms. The fourth-order valence-electron chi connectivity index (χ4n) is 3.86. The molecule has 0 radical (unpaired) electrons. The summed E-state index contributed by atoms with van der Waals surface area (Å²) in [7, 11) is 1.50. The molecular weight excluding hydrogens is 524 g/mol. The molecule has 3 rings (SSSR count). The monoisotopic (exact) mass is 556 g/mol. The molecule has 1 atom stereocenters. The van der Waals surface area contributed by atoms with Crippen LogP contribution in [0.3, 0.4) is 0 Å². The van der Waals surface area contributed by atoms with E-state index in [4.69, 9.17) is 26.4 Å². The number of rotatable bonds is 12. The summed E-state index contributed by atoms with van der Waals surface area (Å²) in [6.45, 7) is 7.08. The molecule has 1 aliphatic heterocycles. The standard InChI is InChI=1S/C28H32N2O6S2/c1-5-15-35-27(33)25(20-11-9-8-10-12-20)30-26(32)23(38-28(30)37)17-19-13-14-21(22(16-19)34-4)36-18-24(31)29(6-2)7-3/h8-14,16-17,25H,5-7,15,18H2,1-4H3/b23-17+. The number of thioether (sulfide) groups is 1. The Labute approximate surface area is 232 Å². The number of hydrogen-bond acceptors (Lipinski definition) is 8. The molecule has 1 aliphatic rings. The van der Waals surface area contributed by atoms with Crippen molar-refractivity contribution in [3.63, 3.8) is 0 Å². The molecule has 1 fully saturated rings. The van der Waals surface area contributed by atoms with Crippen LogP contribution in [0.15, 0.2) is 53.4 Å². The van der Waals surface area contributed by atoms with Crippen LogP contribution in [0.2, 0.25) is 0 Å². The van der Waals surface area contributed by atoms with Gasteiger partial charge in [-0.1, -0.05) is 67.3 Å². The van der Waals surface area contributed by atoms with Crippen LogP contribution in [-0.2, 0) is 19.1 Å². The predicted octanol–water partition coefficient (Wildman–Crippen LogP) is 4.84. The Bertz CT molecular complexity index is 1200. The maximum Gasteiger partial charge on any atom is 0.333 e. The van der Waals surface area contributed by atoms with E-state index in [-0.39, 0.29) is 29.3 Å². The first-order valence-corrected chi connectivity index (χ1v) is 13.6. The fourth-order valence-corrected chi connectivity index (χ4v) is 5.17. The van der Waals surface area contributed by atoms with Crippen molar-refractivity contribution in [2.24, 2.45) is 0 Å². The molecule has 0 aromatic heterocycles. The van der Waals surface area contributed by atoms with Crippen molar-refractivity contribution in [2.75, 3.05) is 33.4 Å². The van der Waals surface area contributed by atoms with Crippen LogP contribution in [0.25, 0.3) is 6.08 Å². The lowest BCUT2D eigenvalue weighted by Crippen LogP contribution is -2.38. The highest BCUT2D eigenvalue weighted by Crippen LogP contribution is 2.39. The number of carbonyl (C=O) groups excluding carboxylic acids is 3. The highest BCUT2D eigenvalue weighted by Gasteiger charge is 2.42. The molecule has 2 aromatic rings. The predicted molar refractivity (Wildman–Crippen MR) is 152 cm³/mol. The van der Waals surface area contributed by atoms with Crippen LogP contribution in [0.5, 0.6) is 11.5 Å². The first-order chi connectivity index (χ1) is 18.3. The largest absolute Gasteiger partial charge is 0.493 e. The van der Waals surface area contributed by atoms with Gasteiger partial charge in [-0.15, -0.1) is 0 Å². The Morgan fingerprint density at radius 3 is 2.42 bits per heavy atom. The van der Waals surface area contributed by atoms with Crippen molar-refractivity contribution in [1.82, 2.24) is 9.80 Å². The zero-order valence-electron chi connectivity index (χ0n) is 22.0. The summed E-state index contributed by atoms with van der Waals surface area (Å²) in [6.07, 6.45) is 2.35. The van der Waals surface area contributed by atoms with Crippen molar-refractivity contribution in [2.45, 2.75) is 33.2 Å². The smallest absolute Gasteiger partial charge is 0.333 e. The van der Waals surface area contributed by atoms with E-state index in [9.17, 15) is 14.4 Å². The second kappa shape index (κ2) is 14.0. The molecule has 0 saturated carbocycles. The average molecular weight is 557 g/mol. The van der Waals surface area contributed by atoms with Gasteiger partial charge in [0.05, 0.1) is 18.6 Å². The quantitative estimate of drug-likeness (QED) is 0.209. The van der Waals surface area contributed by atoms with E-state index in [2.05, 4.69) is 0 Å². The molecule has 1 heterocycles. The van der Waals surface area contributed by atoms with Gasteiger partial charge in [-0.2, -0.15) is 0 Å². The summed E-state index contributed by atoms with van der Waals surface area (Å²) in [5, 5.41) is 0. The SMILES string of the molecule is CCCOC(=O)C(c1ccccc1)N1C(=O)/C(=C\c2ccc(OCC(=O)N(CC)CC)c(OC)c2)SC1=S. The lowest BCUT2D eigenvalue weighted by Gasteiger charge is -2.25. The number of benzene rings is 2. The number of nitrogens with zero attached hydrogens (tertiary/aromatic N) is 2. The van der Waals surface area contributed by atoms with Crippen LogP contribution < -0.4 is 9.47 Å². The van der Waals surface area contributed by atoms with Gasteiger partial charge in [0, 0.05) is 13.1 Å². The third-order valence-corrected chi connectivity index (χ3v) is 7.15. The van der Waals surface area contributed by atoms with Crippen LogP contribution in [0, 0.1) is 0 Å². The number of esters is 1. The summed E-state index contributed by atoms with van der Waals surface area (Å²) < 4.78 is 16.8. The number of ether oxygens (including phenoxy) is 3. The van der Waals surface area contributed by atoms with E-state index in [0.29, 0.717) is 47.0 Å². The summed E-state index contributed by atoms with van der Waals surface area (Å²) in [4.78, 5) is 42.1. The van der Waals surface area contributed by atoms with Crippen molar-refractivity contribution < 1.29 is 28.6 Å². The molecule has 202 valence electrons. The van der Waals surface area contributed by atoms with Crippen molar-refractivity contribution in [3.8, 4) is 11.5 Å². The van der Waals surface area contributed by atoms with E-state index in [0.717, 1.165) is 11.8 Å². The number of methoxy groups -OCH3 is 1. The van der Waals surface area contributed by atoms with Crippen molar-refractivity contribution in [3.05, 3.63) is 64.6 Å². The Hall–Kier alpha value is -3.37. The molecule has 38 heavy (non-hydrogen) atoms. The summed E-state index contributed by atoms with van der Waals surface area (Å²) >= 11 is 6.65. The Kier molecular flexibility index (Phi) is 10.7. The maximum absolute atomic E-state index is 13.5. The molecule has 1 unspecified atom stereocenters. The summed E-state index contributed by atoms with van der Waals surface area (Å²) in [5.41, 5.74) is 1.29. The minimum absolute atomic E-state index is 0.106. The average Bonchev–Trinajstić information content (AvgIpc) is 3.20. The van der Waals surface area contributed by atoms with Gasteiger partial charge in [-0.3, -0.25) is 14.5 Å². The lowest BCUT2D eigenvalue weighted by atomic mass is 10.1. The van der Waals surface area contributed by atoms with E-state index < -0.39 is 12.0 Å². The van der Waals surface area contributed by atoms with E-state index in [1.165, 1.54) is 12.0 Å². The zero-order valence-corrected chi connectivity index (χ0v) is 23.6. The Morgan fingerprint density at radius 2 is 1.79 bits per heavy atom. The molecule has 2 amide bonds. The van der Waals surface area contributed by atoms with Crippen LogP contribution >= 0.6 is 24.0 Å². The van der Waals surface area contributed by atoms with Gasteiger partial charge in [-0.25, -0.2) is 4.79 Å². The van der Waals surface area contributed by atoms with Gasteiger partial charge in [0.15, 0.2) is 24.1 Å². The maximum atomic E-state index is 13.5. The van der Waals surface area contributed by atoms with Crippen LogP contribution in [-0.4, -0.2) is 65.3 Å².